The number of piperidine rings is 2. The van der Waals surface area contributed by atoms with Crippen molar-refractivity contribution in [3.05, 3.63) is 53.1 Å². The first-order valence-corrected chi connectivity index (χ1v) is 23.1. The number of nitrogens with zero attached hydrogens (tertiary/aromatic N) is 7. The van der Waals surface area contributed by atoms with E-state index in [0.717, 1.165) is 124 Å². The van der Waals surface area contributed by atoms with Crippen molar-refractivity contribution in [2.75, 3.05) is 134 Å². The van der Waals surface area contributed by atoms with Crippen molar-refractivity contribution >= 4 is 56.9 Å². The van der Waals surface area contributed by atoms with E-state index in [2.05, 4.69) is 42.8 Å². The van der Waals surface area contributed by atoms with Gasteiger partial charge in [-0.25, -0.2) is 9.97 Å². The second-order valence-electron chi connectivity index (χ2n) is 16.5. The predicted molar refractivity (Wildman–Crippen MR) is 255 cm³/mol. The lowest BCUT2D eigenvalue weighted by Gasteiger charge is -2.33. The molecule has 65 heavy (non-hydrogen) atoms. The van der Waals surface area contributed by atoms with Gasteiger partial charge >= 0.3 is 0 Å². The van der Waals surface area contributed by atoms with E-state index >= 15 is 0 Å². The maximum Gasteiger partial charge on any atom is 0.225 e. The Morgan fingerprint density at radius 1 is 0.615 bits per heavy atom. The van der Waals surface area contributed by atoms with Gasteiger partial charge in [0.05, 0.1) is 77.5 Å². The molecular formula is C47H63ClN10O7. The first kappa shape index (κ1) is 46.2. The number of benzene rings is 3. The van der Waals surface area contributed by atoms with E-state index in [4.69, 9.17) is 64.7 Å². The molecule has 4 aliphatic heterocycles. The predicted octanol–water partition coefficient (Wildman–Crippen LogP) is 6.26. The second kappa shape index (κ2) is 22.2. The molecule has 0 unspecified atom stereocenters. The van der Waals surface area contributed by atoms with Gasteiger partial charge in [0.1, 0.15) is 17.4 Å². The maximum absolute atomic E-state index is 6.26. The molecular weight excluding hydrogens is 852 g/mol. The van der Waals surface area contributed by atoms with Crippen LogP contribution < -0.4 is 49.4 Å². The molecule has 3 aromatic carbocycles. The molecule has 3 N–H and O–H groups in total. The monoisotopic (exact) mass is 914 g/mol. The Labute approximate surface area is 386 Å². The SMILES string of the molecule is CCOc1cc(CN2CCC(Nc3nc(N4CCOCC4)c4cc(OC)c(OC)cc4n3)CC2)ccc1Cl.COc1cc2nc(NC3CCNCC3)nc(N3CCOCC3)c2cc1OC. The lowest BCUT2D eigenvalue weighted by Crippen LogP contribution is -2.39. The van der Waals surface area contributed by atoms with Gasteiger partial charge in [0.15, 0.2) is 23.0 Å². The number of hydrogen-bond acceptors (Lipinski definition) is 17. The number of rotatable bonds is 14. The summed E-state index contributed by atoms with van der Waals surface area (Å²) in [5.74, 6) is 6.55. The molecule has 0 saturated carbocycles. The van der Waals surface area contributed by atoms with Crippen molar-refractivity contribution < 1.29 is 33.2 Å². The first-order valence-electron chi connectivity index (χ1n) is 22.8. The van der Waals surface area contributed by atoms with Crippen LogP contribution in [0.2, 0.25) is 5.02 Å². The zero-order chi connectivity index (χ0) is 45.1. The van der Waals surface area contributed by atoms with Crippen LogP contribution in [-0.2, 0) is 16.0 Å². The third kappa shape index (κ3) is 11.4. The second-order valence-corrected chi connectivity index (χ2v) is 16.9. The van der Waals surface area contributed by atoms with Crippen molar-refractivity contribution in [2.24, 2.45) is 0 Å². The number of likely N-dealkylation sites (tertiary alicyclic amines) is 1. The van der Waals surface area contributed by atoms with E-state index in [9.17, 15) is 0 Å². The van der Waals surface area contributed by atoms with Crippen LogP contribution in [0.3, 0.4) is 0 Å². The van der Waals surface area contributed by atoms with Gasteiger partial charge in [-0.05, 0) is 75.5 Å². The first-order chi connectivity index (χ1) is 31.9. The number of morpholine rings is 2. The number of aromatic nitrogens is 4. The summed E-state index contributed by atoms with van der Waals surface area (Å²) < 4.78 is 38.8. The van der Waals surface area contributed by atoms with Gasteiger partial charge in [0.25, 0.3) is 0 Å². The molecule has 350 valence electrons. The van der Waals surface area contributed by atoms with Crippen molar-refractivity contribution in [1.29, 1.82) is 0 Å². The van der Waals surface area contributed by atoms with Gasteiger partial charge in [-0.1, -0.05) is 17.7 Å². The fourth-order valence-electron chi connectivity index (χ4n) is 8.78. The lowest BCUT2D eigenvalue weighted by atomic mass is 10.0. The number of anilines is 4. The molecule has 4 fully saturated rings. The number of methoxy groups -OCH3 is 4. The lowest BCUT2D eigenvalue weighted by molar-refractivity contribution is 0.122. The van der Waals surface area contributed by atoms with Crippen LogP contribution in [0.5, 0.6) is 28.7 Å². The van der Waals surface area contributed by atoms with Crippen LogP contribution >= 0.6 is 11.6 Å². The molecule has 5 aromatic rings. The summed E-state index contributed by atoms with van der Waals surface area (Å²) >= 11 is 6.26. The average molecular weight is 916 g/mol. The smallest absolute Gasteiger partial charge is 0.225 e. The molecule has 17 nitrogen and oxygen atoms in total. The highest BCUT2D eigenvalue weighted by Gasteiger charge is 2.25. The van der Waals surface area contributed by atoms with E-state index in [-0.39, 0.29) is 0 Å². The molecule has 6 heterocycles. The highest BCUT2D eigenvalue weighted by atomic mass is 35.5. The summed E-state index contributed by atoms with van der Waals surface area (Å²) in [6.07, 6.45) is 4.15. The van der Waals surface area contributed by atoms with Gasteiger partial charge in [0.2, 0.25) is 11.9 Å². The molecule has 0 atom stereocenters. The standard InChI is InChI=1S/C28H36ClN5O4.C19H27N5O3/c1-4-38-24-15-19(5-6-22(24)29)18-33-9-7-20(8-10-33)30-28-31-23-17-26(36-3)25(35-2)16-21(23)27(32-28)34-11-13-37-14-12-34;1-25-16-11-14-15(12-17(16)26-2)22-19(21-13-3-5-20-6-4-13)23-18(14)24-7-9-27-10-8-24/h5-6,15-17,20H,4,7-14,18H2,1-3H3,(H,30,31,32);11-13,20H,3-10H2,1-2H3,(H,21,22,23). The van der Waals surface area contributed by atoms with E-state index in [0.29, 0.717) is 85.0 Å². The minimum atomic E-state index is 0.297. The molecule has 0 amide bonds. The van der Waals surface area contributed by atoms with Crippen LogP contribution in [0.1, 0.15) is 38.2 Å². The van der Waals surface area contributed by atoms with E-state index in [1.807, 2.05) is 37.3 Å². The topological polar surface area (TPSA) is 162 Å². The highest BCUT2D eigenvalue weighted by Crippen LogP contribution is 2.38. The summed E-state index contributed by atoms with van der Waals surface area (Å²) in [6.45, 7) is 13.4. The van der Waals surface area contributed by atoms with Gasteiger partial charge < -0.3 is 58.9 Å². The quantitative estimate of drug-likeness (QED) is 0.114. The number of halogens is 1. The summed E-state index contributed by atoms with van der Waals surface area (Å²) in [5, 5.41) is 13.1. The maximum atomic E-state index is 6.26. The van der Waals surface area contributed by atoms with E-state index < -0.39 is 0 Å². The molecule has 9 rings (SSSR count). The third-order valence-corrected chi connectivity index (χ3v) is 12.6. The van der Waals surface area contributed by atoms with Crippen LogP contribution in [0, 0.1) is 0 Å². The Hall–Kier alpha value is -5.33. The Bertz CT molecular complexity index is 2350. The molecule has 2 aromatic heterocycles. The van der Waals surface area contributed by atoms with Crippen LogP contribution in [0.4, 0.5) is 23.5 Å². The van der Waals surface area contributed by atoms with Crippen molar-refractivity contribution in [2.45, 2.75) is 51.2 Å². The number of hydrogen-bond donors (Lipinski definition) is 3. The summed E-state index contributed by atoms with van der Waals surface area (Å²) in [5.41, 5.74) is 2.88. The number of nitrogens with one attached hydrogen (secondary N) is 3. The average Bonchev–Trinajstić information content (AvgIpc) is 3.35. The minimum Gasteiger partial charge on any atom is -0.493 e. The Kier molecular flexibility index (Phi) is 15.8. The van der Waals surface area contributed by atoms with Crippen LogP contribution in [0.25, 0.3) is 21.8 Å². The summed E-state index contributed by atoms with van der Waals surface area (Å²) in [4.78, 5) is 26.5. The Morgan fingerprint density at radius 3 is 1.57 bits per heavy atom. The molecule has 0 bridgehead atoms. The molecule has 18 heteroatoms. The van der Waals surface area contributed by atoms with Gasteiger partial charge in [-0.2, -0.15) is 9.97 Å². The Balaban J connectivity index is 0.000000188. The van der Waals surface area contributed by atoms with Gasteiger partial charge in [0, 0.05) is 80.8 Å². The third-order valence-electron chi connectivity index (χ3n) is 12.3. The minimum absolute atomic E-state index is 0.297. The van der Waals surface area contributed by atoms with Crippen molar-refractivity contribution in [3.8, 4) is 28.7 Å². The fraction of sp³-hybridized carbons (Fsp3) is 0.532. The molecule has 4 saturated heterocycles. The highest BCUT2D eigenvalue weighted by molar-refractivity contribution is 6.32. The summed E-state index contributed by atoms with van der Waals surface area (Å²) in [7, 11) is 6.57. The van der Waals surface area contributed by atoms with Gasteiger partial charge in [-0.15, -0.1) is 0 Å². The number of fused-ring (bicyclic) bond motifs is 2. The van der Waals surface area contributed by atoms with Crippen molar-refractivity contribution in [3.63, 3.8) is 0 Å². The normalized spacial score (nSPS) is 17.6. The van der Waals surface area contributed by atoms with Gasteiger partial charge in [-0.3, -0.25) is 4.90 Å². The molecule has 4 aliphatic rings. The molecule has 0 spiro atoms. The van der Waals surface area contributed by atoms with Crippen LogP contribution in [-0.4, -0.2) is 151 Å². The zero-order valence-electron chi connectivity index (χ0n) is 38.3. The molecule has 0 aliphatic carbocycles. The van der Waals surface area contributed by atoms with E-state index in [1.54, 1.807) is 28.4 Å². The Morgan fingerprint density at radius 2 is 1.09 bits per heavy atom. The largest absolute Gasteiger partial charge is 0.493 e. The fourth-order valence-corrected chi connectivity index (χ4v) is 8.95. The zero-order valence-corrected chi connectivity index (χ0v) is 39.0. The van der Waals surface area contributed by atoms with E-state index in [1.165, 1.54) is 5.56 Å². The van der Waals surface area contributed by atoms with Crippen LogP contribution in [0.15, 0.2) is 42.5 Å². The number of ether oxygens (including phenoxy) is 7. The summed E-state index contributed by atoms with van der Waals surface area (Å²) in [6, 6.07) is 14.5. The molecule has 0 radical (unpaired) electrons. The van der Waals surface area contributed by atoms with Crippen molar-refractivity contribution in [1.82, 2.24) is 30.2 Å².